The first-order valence-corrected chi connectivity index (χ1v) is 6.02. The van der Waals surface area contributed by atoms with E-state index in [1.54, 1.807) is 20.8 Å². The zero-order valence-electron chi connectivity index (χ0n) is 11.5. The number of hydrogen-bond donors (Lipinski definition) is 1. The lowest BCUT2D eigenvalue weighted by Crippen LogP contribution is -2.39. The number of nitriles is 2. The van der Waals surface area contributed by atoms with Crippen LogP contribution >= 0.6 is 0 Å². The molecule has 0 heterocycles. The molecule has 1 N–H and O–H groups in total. The van der Waals surface area contributed by atoms with E-state index in [4.69, 9.17) is 15.3 Å². The lowest BCUT2D eigenvalue weighted by atomic mass is 9.97. The molecule has 0 aliphatic carbocycles. The topological polar surface area (TPSA) is 85.9 Å². The Kier molecular flexibility index (Phi) is 6.82. The van der Waals surface area contributed by atoms with Gasteiger partial charge in [0.15, 0.2) is 0 Å². The predicted molar refractivity (Wildman–Crippen MR) is 67.4 cm³/mol. The van der Waals surface area contributed by atoms with Gasteiger partial charge >= 0.3 is 6.09 Å². The Morgan fingerprint density at radius 2 is 1.83 bits per heavy atom. The van der Waals surface area contributed by atoms with E-state index in [0.717, 1.165) is 0 Å². The van der Waals surface area contributed by atoms with Crippen molar-refractivity contribution in [1.29, 1.82) is 10.5 Å². The second kappa shape index (κ2) is 7.55. The van der Waals surface area contributed by atoms with Crippen molar-refractivity contribution in [2.75, 3.05) is 0 Å². The number of nitrogens with one attached hydrogen (secondary N) is 1. The molecule has 2 atom stereocenters. The van der Waals surface area contributed by atoms with Crippen LogP contribution in [0.4, 0.5) is 4.79 Å². The number of carbonyl (C=O) groups excluding carboxylic acids is 1. The van der Waals surface area contributed by atoms with Crippen LogP contribution in [0.25, 0.3) is 0 Å². The maximum absolute atomic E-state index is 11.6. The van der Waals surface area contributed by atoms with E-state index >= 15 is 0 Å². The summed E-state index contributed by atoms with van der Waals surface area (Å²) in [7, 11) is 0. The lowest BCUT2D eigenvalue weighted by molar-refractivity contribution is 0.0499. The van der Waals surface area contributed by atoms with Crippen LogP contribution < -0.4 is 5.32 Å². The molecule has 0 aliphatic heterocycles. The van der Waals surface area contributed by atoms with Crippen molar-refractivity contribution in [3.8, 4) is 12.1 Å². The van der Waals surface area contributed by atoms with Gasteiger partial charge in [0.2, 0.25) is 0 Å². The van der Waals surface area contributed by atoms with Crippen LogP contribution in [-0.4, -0.2) is 17.7 Å². The number of rotatable bonds is 5. The molecule has 0 radical (unpaired) electrons. The van der Waals surface area contributed by atoms with Crippen LogP contribution in [0.15, 0.2) is 0 Å². The van der Waals surface area contributed by atoms with E-state index in [2.05, 4.69) is 11.4 Å². The highest BCUT2D eigenvalue weighted by molar-refractivity contribution is 5.68. The summed E-state index contributed by atoms with van der Waals surface area (Å²) in [5, 5.41) is 20.0. The molecule has 0 aliphatic rings. The average molecular weight is 251 g/mol. The molecular weight excluding hydrogens is 230 g/mol. The number of alkyl carbamates (subject to hydrolysis) is 1. The van der Waals surface area contributed by atoms with Gasteiger partial charge in [-0.3, -0.25) is 0 Å². The first-order valence-electron chi connectivity index (χ1n) is 6.02. The van der Waals surface area contributed by atoms with Gasteiger partial charge < -0.3 is 10.1 Å². The van der Waals surface area contributed by atoms with E-state index in [1.165, 1.54) is 0 Å². The Morgan fingerprint density at radius 1 is 1.28 bits per heavy atom. The molecule has 0 rings (SSSR count). The minimum absolute atomic E-state index is 0.142. The molecule has 5 nitrogen and oxygen atoms in total. The van der Waals surface area contributed by atoms with Crippen molar-refractivity contribution in [2.45, 2.75) is 58.6 Å². The third-order valence-corrected chi connectivity index (χ3v) is 2.19. The molecule has 0 saturated heterocycles. The second-order valence-electron chi connectivity index (χ2n) is 5.41. The predicted octanol–water partition coefficient (Wildman–Crippen LogP) is 2.73. The van der Waals surface area contributed by atoms with Gasteiger partial charge in [-0.1, -0.05) is 6.92 Å². The van der Waals surface area contributed by atoms with E-state index in [1.807, 2.05) is 13.0 Å². The Bertz CT molecular complexity index is 347. The minimum atomic E-state index is -0.556. The number of carbonyl (C=O) groups is 1. The maximum Gasteiger partial charge on any atom is 0.407 e. The zero-order chi connectivity index (χ0) is 14.2. The van der Waals surface area contributed by atoms with Crippen molar-refractivity contribution in [3.63, 3.8) is 0 Å². The minimum Gasteiger partial charge on any atom is -0.444 e. The van der Waals surface area contributed by atoms with E-state index in [9.17, 15) is 4.79 Å². The van der Waals surface area contributed by atoms with Crippen molar-refractivity contribution >= 4 is 6.09 Å². The SMILES string of the molecule is C[C@H](CC#N)C[C@@H](CC#N)NC(=O)OC(C)(C)C. The Morgan fingerprint density at radius 3 is 2.28 bits per heavy atom. The smallest absolute Gasteiger partial charge is 0.407 e. The fraction of sp³-hybridized carbons (Fsp3) is 0.769. The highest BCUT2D eigenvalue weighted by atomic mass is 16.6. The van der Waals surface area contributed by atoms with Crippen LogP contribution in [0.1, 0.15) is 47.0 Å². The first-order chi connectivity index (χ1) is 8.28. The summed E-state index contributed by atoms with van der Waals surface area (Å²) in [6.07, 6.45) is 0.708. The summed E-state index contributed by atoms with van der Waals surface area (Å²) >= 11 is 0. The molecule has 0 aromatic rings. The highest BCUT2D eigenvalue weighted by Crippen LogP contribution is 2.13. The molecule has 5 heteroatoms. The molecule has 0 spiro atoms. The second-order valence-corrected chi connectivity index (χ2v) is 5.41. The van der Waals surface area contributed by atoms with E-state index < -0.39 is 11.7 Å². The molecular formula is C13H21N3O2. The van der Waals surface area contributed by atoms with Gasteiger partial charge in [-0.15, -0.1) is 0 Å². The third-order valence-electron chi connectivity index (χ3n) is 2.19. The number of amides is 1. The summed E-state index contributed by atoms with van der Waals surface area (Å²) < 4.78 is 5.13. The molecule has 100 valence electrons. The average Bonchev–Trinajstić information content (AvgIpc) is 2.14. The largest absolute Gasteiger partial charge is 0.444 e. The summed E-state index contributed by atoms with van der Waals surface area (Å²) in [5.41, 5.74) is -0.556. The highest BCUT2D eigenvalue weighted by Gasteiger charge is 2.20. The number of ether oxygens (including phenoxy) is 1. The molecule has 0 aromatic heterocycles. The monoisotopic (exact) mass is 251 g/mol. The van der Waals surface area contributed by atoms with Crippen LogP contribution in [0.5, 0.6) is 0 Å². The Hall–Kier alpha value is -1.75. The fourth-order valence-corrected chi connectivity index (χ4v) is 1.50. The van der Waals surface area contributed by atoms with Crippen molar-refractivity contribution < 1.29 is 9.53 Å². The van der Waals surface area contributed by atoms with Crippen molar-refractivity contribution in [2.24, 2.45) is 5.92 Å². The van der Waals surface area contributed by atoms with Gasteiger partial charge in [0.1, 0.15) is 5.60 Å². The van der Waals surface area contributed by atoms with E-state index in [0.29, 0.717) is 12.8 Å². The van der Waals surface area contributed by atoms with Crippen LogP contribution in [0.2, 0.25) is 0 Å². The standard InChI is InChI=1S/C13H21N3O2/c1-10(5-7-14)9-11(6-8-15)16-12(17)18-13(2,3)4/h10-11H,5-6,9H2,1-4H3,(H,16,17)/t10-,11-/m1/s1. The van der Waals surface area contributed by atoms with Gasteiger partial charge in [-0.25, -0.2) is 4.79 Å². The van der Waals surface area contributed by atoms with Crippen LogP contribution in [0.3, 0.4) is 0 Å². The van der Waals surface area contributed by atoms with Crippen LogP contribution in [-0.2, 0) is 4.74 Å². The maximum atomic E-state index is 11.6. The Balaban J connectivity index is 4.32. The quantitative estimate of drug-likeness (QED) is 0.814. The van der Waals surface area contributed by atoms with Crippen LogP contribution in [0, 0.1) is 28.6 Å². The van der Waals surface area contributed by atoms with Gasteiger partial charge in [-0.2, -0.15) is 10.5 Å². The zero-order valence-corrected chi connectivity index (χ0v) is 11.5. The molecule has 0 bridgehead atoms. The third kappa shape index (κ3) is 8.41. The molecule has 0 unspecified atom stereocenters. The summed E-state index contributed by atoms with van der Waals surface area (Å²) in [6, 6.07) is 3.84. The summed E-state index contributed by atoms with van der Waals surface area (Å²) in [4.78, 5) is 11.6. The van der Waals surface area contributed by atoms with Gasteiger partial charge in [-0.05, 0) is 33.1 Å². The summed E-state index contributed by atoms with van der Waals surface area (Å²) in [5.74, 6) is 0.142. The molecule has 18 heavy (non-hydrogen) atoms. The molecule has 0 saturated carbocycles. The first kappa shape index (κ1) is 16.2. The molecule has 1 amide bonds. The Labute approximate surface area is 109 Å². The van der Waals surface area contributed by atoms with Gasteiger partial charge in [0, 0.05) is 12.5 Å². The van der Waals surface area contributed by atoms with Crippen molar-refractivity contribution in [3.05, 3.63) is 0 Å². The lowest BCUT2D eigenvalue weighted by Gasteiger charge is -2.23. The molecule has 0 fully saturated rings. The molecule has 0 aromatic carbocycles. The summed E-state index contributed by atoms with van der Waals surface area (Å²) in [6.45, 7) is 7.27. The van der Waals surface area contributed by atoms with Gasteiger partial charge in [0.25, 0.3) is 0 Å². The fourth-order valence-electron chi connectivity index (χ4n) is 1.50. The number of hydrogen-bond acceptors (Lipinski definition) is 4. The van der Waals surface area contributed by atoms with Gasteiger partial charge in [0.05, 0.1) is 18.6 Å². The normalized spacial score (nSPS) is 13.9. The van der Waals surface area contributed by atoms with E-state index in [-0.39, 0.29) is 18.4 Å². The number of nitrogens with zero attached hydrogens (tertiary/aromatic N) is 2. The van der Waals surface area contributed by atoms with Crippen molar-refractivity contribution in [1.82, 2.24) is 5.32 Å².